The predicted molar refractivity (Wildman–Crippen MR) is 121 cm³/mol. The van der Waals surface area contributed by atoms with E-state index in [1.165, 1.54) is 4.40 Å². The van der Waals surface area contributed by atoms with Crippen LogP contribution in [0.3, 0.4) is 0 Å². The van der Waals surface area contributed by atoms with Crippen molar-refractivity contribution in [1.29, 1.82) is 0 Å². The predicted octanol–water partition coefficient (Wildman–Crippen LogP) is 2.82. The summed E-state index contributed by atoms with van der Waals surface area (Å²) in [5.41, 5.74) is 1.60. The molecule has 0 amide bonds. The Kier molecular flexibility index (Phi) is 6.24. The Morgan fingerprint density at radius 1 is 1.26 bits per heavy atom. The third-order valence-corrected chi connectivity index (χ3v) is 6.08. The fourth-order valence-corrected chi connectivity index (χ4v) is 4.40. The number of rotatable bonds is 6. The summed E-state index contributed by atoms with van der Waals surface area (Å²) in [6, 6.07) is 13.1. The zero-order valence-electron chi connectivity index (χ0n) is 17.0. The Morgan fingerprint density at radius 2 is 2.03 bits per heavy atom. The number of anilines is 1. The Balaban J connectivity index is 1.51. The minimum Gasteiger partial charge on any atom is -0.482 e. The van der Waals surface area contributed by atoms with E-state index in [1.54, 1.807) is 24.4 Å². The highest BCUT2D eigenvalue weighted by atomic mass is 79.9. The van der Waals surface area contributed by atoms with Crippen LogP contribution in [0.2, 0.25) is 0 Å². The second-order valence-electron chi connectivity index (χ2n) is 7.75. The summed E-state index contributed by atoms with van der Waals surface area (Å²) in [5.74, 6) is 0.368. The van der Waals surface area contributed by atoms with Gasteiger partial charge in [-0.15, -0.1) is 0 Å². The van der Waals surface area contributed by atoms with Gasteiger partial charge in [-0.2, -0.15) is 0 Å². The van der Waals surface area contributed by atoms with Gasteiger partial charge < -0.3 is 20.1 Å². The Hall–Kier alpha value is -2.91. The molecule has 2 N–H and O–H groups in total. The Bertz CT molecular complexity index is 1150. The number of likely N-dealkylation sites (tertiary alicyclic amines) is 1. The first-order chi connectivity index (χ1) is 14.9. The van der Waals surface area contributed by atoms with Crippen LogP contribution >= 0.6 is 15.9 Å². The van der Waals surface area contributed by atoms with Crippen LogP contribution in [0.5, 0.6) is 5.75 Å². The molecule has 1 aromatic carbocycles. The highest BCUT2D eigenvalue weighted by Crippen LogP contribution is 2.30. The normalized spacial score (nSPS) is 19.3. The van der Waals surface area contributed by atoms with Crippen molar-refractivity contribution in [2.24, 2.45) is 0 Å². The summed E-state index contributed by atoms with van der Waals surface area (Å²) in [4.78, 5) is 30.2. The molecule has 2 aromatic heterocycles. The summed E-state index contributed by atoms with van der Waals surface area (Å²) < 4.78 is 7.15. The summed E-state index contributed by atoms with van der Waals surface area (Å²) in [6.45, 7) is 1.38. The molecule has 3 heterocycles. The molecule has 162 valence electrons. The molecule has 3 aromatic rings. The first-order valence-electron chi connectivity index (χ1n) is 9.97. The largest absolute Gasteiger partial charge is 0.482 e. The number of hydrogen-bond donors (Lipinski definition) is 2. The van der Waals surface area contributed by atoms with E-state index in [9.17, 15) is 9.59 Å². The van der Waals surface area contributed by atoms with E-state index < -0.39 is 5.97 Å². The molecule has 2 unspecified atom stereocenters. The second kappa shape index (κ2) is 9.07. The number of nitrogens with one attached hydrogen (secondary N) is 1. The molecule has 0 radical (unpaired) electrons. The van der Waals surface area contributed by atoms with Gasteiger partial charge in [-0.3, -0.25) is 9.20 Å². The number of carboxylic acid groups (broad SMARTS) is 1. The molecule has 9 heteroatoms. The number of carbonyl (C=O) groups is 1. The molecule has 1 aliphatic heterocycles. The SMILES string of the molecule is CN1CC(Nc2nc3ccccn3c(=O)c2Br)CC(c2ccc(OCC(=O)O)cc2)C1. The van der Waals surface area contributed by atoms with Crippen LogP contribution in [0, 0.1) is 0 Å². The third kappa shape index (κ3) is 4.88. The topological polar surface area (TPSA) is 96.2 Å². The molecule has 0 spiro atoms. The van der Waals surface area contributed by atoms with Crippen molar-refractivity contribution in [3.63, 3.8) is 0 Å². The van der Waals surface area contributed by atoms with Gasteiger partial charge in [0.1, 0.15) is 21.7 Å². The standard InChI is InChI=1S/C22H23BrN4O4/c1-26-11-15(14-5-7-17(8-6-14)31-13-19(28)29)10-16(12-26)24-21-20(23)22(30)27-9-3-2-4-18(27)25-21/h2-9,15-16,24H,10-13H2,1H3,(H,28,29). The molecule has 4 rings (SSSR count). The van der Waals surface area contributed by atoms with E-state index in [4.69, 9.17) is 9.84 Å². The van der Waals surface area contributed by atoms with E-state index >= 15 is 0 Å². The second-order valence-corrected chi connectivity index (χ2v) is 8.55. The van der Waals surface area contributed by atoms with Crippen molar-refractivity contribution in [1.82, 2.24) is 14.3 Å². The van der Waals surface area contributed by atoms with Crippen molar-refractivity contribution in [2.75, 3.05) is 32.1 Å². The molecular formula is C22H23BrN4O4. The van der Waals surface area contributed by atoms with Crippen LogP contribution in [-0.4, -0.2) is 58.1 Å². The lowest BCUT2D eigenvalue weighted by Gasteiger charge is -2.36. The Morgan fingerprint density at radius 3 is 2.77 bits per heavy atom. The molecule has 0 saturated carbocycles. The molecule has 1 aliphatic rings. The van der Waals surface area contributed by atoms with Crippen LogP contribution in [0.4, 0.5) is 5.82 Å². The van der Waals surface area contributed by atoms with Crippen LogP contribution in [0.15, 0.2) is 57.9 Å². The van der Waals surface area contributed by atoms with E-state index in [0.29, 0.717) is 21.7 Å². The number of carboxylic acids is 1. The fraction of sp³-hybridized carbons (Fsp3) is 0.318. The van der Waals surface area contributed by atoms with Gasteiger partial charge in [0.15, 0.2) is 6.61 Å². The van der Waals surface area contributed by atoms with Gasteiger partial charge in [-0.05, 0) is 65.1 Å². The van der Waals surface area contributed by atoms with Gasteiger partial charge >= 0.3 is 5.97 Å². The Labute approximate surface area is 187 Å². The first kappa shape index (κ1) is 21.3. The van der Waals surface area contributed by atoms with Crippen molar-refractivity contribution in [3.8, 4) is 5.75 Å². The van der Waals surface area contributed by atoms with Gasteiger partial charge in [0.05, 0.1) is 0 Å². The lowest BCUT2D eigenvalue weighted by atomic mass is 9.88. The number of aliphatic carboxylic acids is 1. The number of halogens is 1. The maximum absolute atomic E-state index is 12.6. The third-order valence-electron chi connectivity index (χ3n) is 5.37. The summed E-state index contributed by atoms with van der Waals surface area (Å²) in [7, 11) is 2.07. The average molecular weight is 487 g/mol. The van der Waals surface area contributed by atoms with Crippen molar-refractivity contribution < 1.29 is 14.6 Å². The van der Waals surface area contributed by atoms with Crippen LogP contribution < -0.4 is 15.6 Å². The number of nitrogens with zero attached hydrogens (tertiary/aromatic N) is 3. The van der Waals surface area contributed by atoms with Gasteiger partial charge in [-0.1, -0.05) is 18.2 Å². The summed E-state index contributed by atoms with van der Waals surface area (Å²) >= 11 is 3.41. The first-order valence-corrected chi connectivity index (χ1v) is 10.8. The number of piperidine rings is 1. The van der Waals surface area contributed by atoms with E-state index in [-0.39, 0.29) is 24.1 Å². The van der Waals surface area contributed by atoms with Crippen LogP contribution in [0.25, 0.3) is 5.65 Å². The monoisotopic (exact) mass is 486 g/mol. The maximum Gasteiger partial charge on any atom is 0.341 e. The summed E-state index contributed by atoms with van der Waals surface area (Å²) in [6.07, 6.45) is 2.58. The number of ether oxygens (including phenoxy) is 1. The molecule has 1 saturated heterocycles. The molecule has 1 fully saturated rings. The zero-order chi connectivity index (χ0) is 22.0. The molecule has 2 atom stereocenters. The highest BCUT2D eigenvalue weighted by Gasteiger charge is 2.27. The van der Waals surface area contributed by atoms with Crippen LogP contribution in [-0.2, 0) is 4.79 Å². The lowest BCUT2D eigenvalue weighted by molar-refractivity contribution is -0.139. The van der Waals surface area contributed by atoms with Gasteiger partial charge in [0.25, 0.3) is 5.56 Å². The fourth-order valence-electron chi connectivity index (χ4n) is 4.00. The highest BCUT2D eigenvalue weighted by molar-refractivity contribution is 9.10. The number of pyridine rings is 1. The number of benzene rings is 1. The molecule has 31 heavy (non-hydrogen) atoms. The number of aromatic nitrogens is 2. The summed E-state index contributed by atoms with van der Waals surface area (Å²) in [5, 5.41) is 12.2. The van der Waals surface area contributed by atoms with Crippen LogP contribution in [0.1, 0.15) is 17.9 Å². The van der Waals surface area contributed by atoms with E-state index in [2.05, 4.69) is 38.2 Å². The van der Waals surface area contributed by atoms with E-state index in [0.717, 1.165) is 25.1 Å². The smallest absolute Gasteiger partial charge is 0.341 e. The van der Waals surface area contributed by atoms with E-state index in [1.807, 2.05) is 24.3 Å². The number of likely N-dealkylation sites (N-methyl/N-ethyl adjacent to an activating group) is 1. The minimum absolute atomic E-state index is 0.112. The zero-order valence-corrected chi connectivity index (χ0v) is 18.6. The molecule has 0 bridgehead atoms. The quantitative estimate of drug-likeness (QED) is 0.552. The average Bonchev–Trinajstić information content (AvgIpc) is 2.76. The minimum atomic E-state index is -1.00. The molecule has 0 aliphatic carbocycles. The number of fused-ring (bicyclic) bond motifs is 1. The number of hydrogen-bond acceptors (Lipinski definition) is 6. The van der Waals surface area contributed by atoms with Crippen molar-refractivity contribution in [2.45, 2.75) is 18.4 Å². The molecule has 8 nitrogen and oxygen atoms in total. The van der Waals surface area contributed by atoms with Gasteiger partial charge in [0, 0.05) is 25.3 Å². The lowest BCUT2D eigenvalue weighted by Crippen LogP contribution is -2.43. The van der Waals surface area contributed by atoms with Crippen molar-refractivity contribution >= 4 is 33.4 Å². The van der Waals surface area contributed by atoms with Gasteiger partial charge in [0.2, 0.25) is 0 Å². The van der Waals surface area contributed by atoms with Crippen molar-refractivity contribution in [3.05, 3.63) is 69.1 Å². The molecular weight excluding hydrogens is 464 g/mol. The maximum atomic E-state index is 12.6. The van der Waals surface area contributed by atoms with Gasteiger partial charge in [-0.25, -0.2) is 9.78 Å².